The second-order valence-corrected chi connectivity index (χ2v) is 10.2. The van der Waals surface area contributed by atoms with Crippen molar-refractivity contribution >= 4 is 65.8 Å². The van der Waals surface area contributed by atoms with Crippen molar-refractivity contribution in [3.8, 4) is 0 Å². The molecule has 5 rings (SSSR count). The standard InChI is InChI=1S/C20H16Br2N4O6S/c21-9-1-8-2-14(19(30)32-16(8)11(22)3-9)33-20-25-12-4-23-7-24-17(12)26(20)18-10(5-27)15(29)13(6-28)31-18/h1-4,7,10,13,15,18,27-29H,5-6H2/t10-,13-,15+,18-/m1/s1. The van der Waals surface area contributed by atoms with E-state index in [0.29, 0.717) is 31.8 Å². The molecule has 1 aliphatic heterocycles. The van der Waals surface area contributed by atoms with Crippen molar-refractivity contribution in [3.05, 3.63) is 50.1 Å². The van der Waals surface area contributed by atoms with Crippen LogP contribution in [0.2, 0.25) is 0 Å². The van der Waals surface area contributed by atoms with Crippen molar-refractivity contribution in [1.29, 1.82) is 0 Å². The molecule has 0 amide bonds. The van der Waals surface area contributed by atoms with Gasteiger partial charge in [0.25, 0.3) is 0 Å². The van der Waals surface area contributed by atoms with Crippen LogP contribution in [0.25, 0.3) is 22.1 Å². The molecule has 0 bridgehead atoms. The molecule has 4 aromatic rings. The molecule has 0 spiro atoms. The largest absolute Gasteiger partial charge is 0.421 e. The number of imidazole rings is 1. The van der Waals surface area contributed by atoms with Gasteiger partial charge in [0.2, 0.25) is 0 Å². The fourth-order valence-corrected chi connectivity index (χ4v) is 6.12. The van der Waals surface area contributed by atoms with E-state index in [2.05, 4.69) is 46.8 Å². The number of rotatable bonds is 5. The zero-order chi connectivity index (χ0) is 23.3. The zero-order valence-corrected chi connectivity index (χ0v) is 20.6. The molecule has 172 valence electrons. The first-order valence-electron chi connectivity index (χ1n) is 9.75. The SMILES string of the molecule is O=c1oc2c(Br)cc(Br)cc2cc1Sc1nc2cncnc2n1[C@@H]1O[C@H](CO)[C@@H](O)[C@H]1CO. The molecule has 1 aromatic carbocycles. The molecule has 1 fully saturated rings. The number of halogens is 2. The number of hydrogen-bond donors (Lipinski definition) is 3. The van der Waals surface area contributed by atoms with E-state index >= 15 is 0 Å². The van der Waals surface area contributed by atoms with Gasteiger partial charge >= 0.3 is 5.63 Å². The summed E-state index contributed by atoms with van der Waals surface area (Å²) in [6.07, 6.45) is 0.00718. The zero-order valence-electron chi connectivity index (χ0n) is 16.6. The fourth-order valence-electron chi connectivity index (χ4n) is 3.84. The summed E-state index contributed by atoms with van der Waals surface area (Å²) in [7, 11) is 0. The highest BCUT2D eigenvalue weighted by molar-refractivity contribution is 9.11. The molecular weight excluding hydrogens is 584 g/mol. The minimum absolute atomic E-state index is 0.273. The van der Waals surface area contributed by atoms with E-state index < -0.39 is 43.2 Å². The lowest BCUT2D eigenvalue weighted by atomic mass is 10.0. The van der Waals surface area contributed by atoms with Gasteiger partial charge in [-0.2, -0.15) is 0 Å². The van der Waals surface area contributed by atoms with E-state index in [4.69, 9.17) is 9.15 Å². The van der Waals surface area contributed by atoms with Gasteiger partial charge in [0, 0.05) is 9.86 Å². The van der Waals surface area contributed by atoms with Crippen LogP contribution in [0.1, 0.15) is 6.23 Å². The maximum Gasteiger partial charge on any atom is 0.350 e. The topological polar surface area (TPSA) is 144 Å². The van der Waals surface area contributed by atoms with Crippen LogP contribution in [0.4, 0.5) is 0 Å². The number of hydrogen-bond acceptors (Lipinski definition) is 10. The predicted molar refractivity (Wildman–Crippen MR) is 125 cm³/mol. The normalized spacial score (nSPS) is 23.1. The highest BCUT2D eigenvalue weighted by Crippen LogP contribution is 2.40. The molecule has 3 aromatic heterocycles. The van der Waals surface area contributed by atoms with Gasteiger partial charge in [-0.25, -0.2) is 19.7 Å². The lowest BCUT2D eigenvalue weighted by Gasteiger charge is -2.21. The minimum atomic E-state index is -1.09. The Bertz CT molecular complexity index is 1410. The molecule has 0 radical (unpaired) electrons. The Kier molecular flexibility index (Phi) is 6.29. The summed E-state index contributed by atoms with van der Waals surface area (Å²) in [6, 6.07) is 5.30. The first-order valence-corrected chi connectivity index (χ1v) is 12.2. The van der Waals surface area contributed by atoms with E-state index in [-0.39, 0.29) is 4.90 Å². The third-order valence-corrected chi connectivity index (χ3v) is 7.41. The van der Waals surface area contributed by atoms with Gasteiger partial charge in [-0.05, 0) is 45.9 Å². The summed E-state index contributed by atoms with van der Waals surface area (Å²) in [5, 5.41) is 31.0. The number of fused-ring (bicyclic) bond motifs is 2. The summed E-state index contributed by atoms with van der Waals surface area (Å²) >= 11 is 7.88. The summed E-state index contributed by atoms with van der Waals surface area (Å²) in [4.78, 5) is 25.9. The van der Waals surface area contributed by atoms with E-state index in [1.807, 2.05) is 6.07 Å². The van der Waals surface area contributed by atoms with Gasteiger partial charge in [-0.15, -0.1) is 0 Å². The monoisotopic (exact) mass is 598 g/mol. The Morgan fingerprint density at radius 3 is 2.76 bits per heavy atom. The molecule has 10 nitrogen and oxygen atoms in total. The maximum atomic E-state index is 12.8. The first-order chi connectivity index (χ1) is 15.9. The van der Waals surface area contributed by atoms with Crippen LogP contribution < -0.4 is 5.63 Å². The number of benzene rings is 1. The molecule has 33 heavy (non-hydrogen) atoms. The molecule has 4 atom stereocenters. The Hall–Kier alpha value is -1.87. The van der Waals surface area contributed by atoms with Gasteiger partial charge in [-0.1, -0.05) is 15.9 Å². The first kappa shape index (κ1) is 22.9. The van der Waals surface area contributed by atoms with Gasteiger partial charge in [0.15, 0.2) is 16.4 Å². The van der Waals surface area contributed by atoms with E-state index in [1.165, 1.54) is 12.5 Å². The lowest BCUT2D eigenvalue weighted by molar-refractivity contribution is -0.0494. The molecule has 13 heteroatoms. The average Bonchev–Trinajstić information content (AvgIpc) is 3.30. The number of aliphatic hydroxyl groups excluding tert-OH is 3. The van der Waals surface area contributed by atoms with Crippen molar-refractivity contribution in [2.75, 3.05) is 13.2 Å². The number of aromatic nitrogens is 4. The van der Waals surface area contributed by atoms with E-state index in [0.717, 1.165) is 16.2 Å². The quantitative estimate of drug-likeness (QED) is 0.293. The molecule has 1 saturated heterocycles. The molecular formula is C20H16Br2N4O6S. The van der Waals surface area contributed by atoms with Crippen molar-refractivity contribution in [1.82, 2.24) is 19.5 Å². The van der Waals surface area contributed by atoms with Crippen LogP contribution in [-0.4, -0.2) is 60.3 Å². The summed E-state index contributed by atoms with van der Waals surface area (Å²) in [5.74, 6) is -0.742. The minimum Gasteiger partial charge on any atom is -0.421 e. The Labute approximate surface area is 206 Å². The van der Waals surface area contributed by atoms with Crippen molar-refractivity contribution in [2.24, 2.45) is 5.92 Å². The molecule has 0 unspecified atom stereocenters. The summed E-state index contributed by atoms with van der Waals surface area (Å²) in [5.41, 5.74) is 0.704. The van der Waals surface area contributed by atoms with Crippen LogP contribution in [0.15, 0.2) is 58.9 Å². The third-order valence-electron chi connectivity index (χ3n) is 5.39. The third kappa shape index (κ3) is 4.01. The molecule has 1 aliphatic rings. The fraction of sp³-hybridized carbons (Fsp3) is 0.300. The van der Waals surface area contributed by atoms with Gasteiger partial charge in [0.1, 0.15) is 29.1 Å². The lowest BCUT2D eigenvalue weighted by Crippen LogP contribution is -2.31. The van der Waals surface area contributed by atoms with Crippen LogP contribution in [0.3, 0.4) is 0 Å². The molecule has 0 saturated carbocycles. The number of nitrogens with zero attached hydrogens (tertiary/aromatic N) is 4. The molecule has 4 heterocycles. The van der Waals surface area contributed by atoms with Gasteiger partial charge < -0.3 is 24.5 Å². The number of aliphatic hydroxyl groups is 3. The second kappa shape index (κ2) is 9.06. The van der Waals surface area contributed by atoms with Crippen LogP contribution >= 0.6 is 43.6 Å². The predicted octanol–water partition coefficient (Wildman–Crippen LogP) is 2.47. The smallest absolute Gasteiger partial charge is 0.350 e. The van der Waals surface area contributed by atoms with Crippen LogP contribution in [-0.2, 0) is 4.74 Å². The highest BCUT2D eigenvalue weighted by Gasteiger charge is 2.45. The maximum absolute atomic E-state index is 12.8. The van der Waals surface area contributed by atoms with Gasteiger partial charge in [-0.3, -0.25) is 4.57 Å². The van der Waals surface area contributed by atoms with Crippen molar-refractivity contribution < 1.29 is 24.5 Å². The second-order valence-electron chi connectivity index (χ2n) is 7.39. The van der Waals surface area contributed by atoms with Crippen LogP contribution in [0, 0.1) is 5.92 Å². The summed E-state index contributed by atoms with van der Waals surface area (Å²) < 4.78 is 14.4. The Morgan fingerprint density at radius 2 is 2.00 bits per heavy atom. The summed E-state index contributed by atoms with van der Waals surface area (Å²) in [6.45, 7) is -0.812. The molecule has 3 N–H and O–H groups in total. The van der Waals surface area contributed by atoms with Gasteiger partial charge in [0.05, 0.1) is 35.9 Å². The Morgan fingerprint density at radius 1 is 1.18 bits per heavy atom. The Balaban J connectivity index is 1.64. The van der Waals surface area contributed by atoms with E-state index in [1.54, 1.807) is 16.7 Å². The van der Waals surface area contributed by atoms with Crippen LogP contribution in [0.5, 0.6) is 0 Å². The average molecular weight is 600 g/mol. The highest BCUT2D eigenvalue weighted by atomic mass is 79.9. The van der Waals surface area contributed by atoms with Crippen molar-refractivity contribution in [3.63, 3.8) is 0 Å². The van der Waals surface area contributed by atoms with E-state index in [9.17, 15) is 20.1 Å². The van der Waals surface area contributed by atoms with Crippen molar-refractivity contribution in [2.45, 2.75) is 28.5 Å². The number of ether oxygens (including phenoxy) is 1. The molecule has 0 aliphatic carbocycles.